The lowest BCUT2D eigenvalue weighted by atomic mass is 9.85. The largest absolute Gasteiger partial charge is 0.496 e. The molecule has 0 N–H and O–H groups in total. The fraction of sp³-hybridized carbons (Fsp3) is 0.654. The minimum atomic E-state index is -0.0147. The van der Waals surface area contributed by atoms with Crippen LogP contribution in [-0.2, 0) is 43.7 Å². The molecule has 8 aliphatic rings. The number of carbonyl (C=O) groups excluding carboxylic acids is 1. The zero-order valence-electron chi connectivity index (χ0n) is 84.8. The highest BCUT2D eigenvalue weighted by Gasteiger charge is 2.34. The molecule has 0 unspecified atom stereocenters. The number of piperidine rings is 3. The van der Waals surface area contributed by atoms with Crippen LogP contribution in [0.25, 0.3) is 0 Å². The molecule has 1 amide bonds. The van der Waals surface area contributed by atoms with Crippen LogP contribution in [0.4, 0.5) is 34.1 Å². The number of ether oxygens (including phenoxy) is 5. The number of likely N-dealkylation sites (N-methyl/N-ethyl adjacent to an activating group) is 4. The molecule has 0 radical (unpaired) electrons. The van der Waals surface area contributed by atoms with Gasteiger partial charge in [0.2, 0.25) is 5.91 Å². The first-order chi connectivity index (χ1) is 59.3. The summed E-state index contributed by atoms with van der Waals surface area (Å²) in [5, 5.41) is 0. The van der Waals surface area contributed by atoms with Crippen LogP contribution in [0.1, 0.15) is 215 Å². The molecule has 0 saturated carbocycles. The summed E-state index contributed by atoms with van der Waals surface area (Å²) < 4.78 is 28.1. The van der Waals surface area contributed by atoms with E-state index in [0.717, 1.165) is 137 Å². The molecule has 0 atom stereocenters. The van der Waals surface area contributed by atoms with Crippen molar-refractivity contribution in [2.75, 3.05) is 258 Å². The Morgan fingerprint density at radius 1 is 0.325 bits per heavy atom. The van der Waals surface area contributed by atoms with Gasteiger partial charge in [-0.2, -0.15) is 0 Å². The first-order valence-electron chi connectivity index (χ1n) is 47.8. The summed E-state index contributed by atoms with van der Waals surface area (Å²) in [6.45, 7) is 64.8. The Morgan fingerprint density at radius 2 is 0.619 bits per heavy atom. The van der Waals surface area contributed by atoms with Crippen molar-refractivity contribution in [3.63, 3.8) is 0 Å². The number of methoxy groups -OCH3 is 5. The van der Waals surface area contributed by atoms with E-state index in [4.69, 9.17) is 23.7 Å². The molecule has 7 fully saturated rings. The first-order valence-corrected chi connectivity index (χ1v) is 47.8. The molecule has 19 heteroatoms. The third kappa shape index (κ3) is 28.8. The molecule has 8 heterocycles. The Morgan fingerprint density at radius 3 is 0.929 bits per heavy atom. The molecule has 0 spiro atoms. The van der Waals surface area contributed by atoms with E-state index in [2.05, 4.69) is 323 Å². The monoisotopic (exact) mass is 1740 g/mol. The Kier molecular flexibility index (Phi) is 36.8. The summed E-state index contributed by atoms with van der Waals surface area (Å²) in [6.07, 6.45) is 11.3. The Balaban J connectivity index is 0.000000172. The van der Waals surface area contributed by atoms with Crippen LogP contribution in [0.15, 0.2) is 109 Å². The quantitative estimate of drug-likeness (QED) is 0.0973. The summed E-state index contributed by atoms with van der Waals surface area (Å²) in [5.41, 5.74) is 17.2. The van der Waals surface area contributed by atoms with Crippen molar-refractivity contribution in [1.82, 2.24) is 34.3 Å². The SMILES string of the molecule is CN1CCN(c2ccc(C(C)(C)C)cc2)CC1.COc1cc(N2CCC(N(C)C)CC2)ccc1C(C)(C)C.COc1cc(N2CCC(N3CCCC3)CC2)ccc1C(C)(C)C.COc1cc(N2CCC(N3CCN(C)CC3)CC2)ccc1C(C)(C)C.COc1cc(N2CCN(C)CC2)ccc1C(C)(C)C.COc1cc2c(cc1C(C)(C)C)N(C(=O)CN(C)C)CC2. The maximum Gasteiger partial charge on any atom is 0.241 e. The van der Waals surface area contributed by atoms with Gasteiger partial charge in [0.25, 0.3) is 0 Å². The average Bonchev–Trinajstić information content (AvgIpc) is 1.62. The molecule has 14 rings (SSSR count). The number of likely N-dealkylation sites (tertiary alicyclic amines) is 1. The summed E-state index contributed by atoms with van der Waals surface area (Å²) >= 11 is 0. The summed E-state index contributed by atoms with van der Waals surface area (Å²) in [6, 6.07) is 42.4. The van der Waals surface area contributed by atoms with Gasteiger partial charge in [0, 0.05) is 206 Å². The van der Waals surface area contributed by atoms with Gasteiger partial charge in [-0.3, -0.25) is 9.69 Å². The van der Waals surface area contributed by atoms with Crippen LogP contribution in [0.2, 0.25) is 0 Å². The van der Waals surface area contributed by atoms with Gasteiger partial charge in [0.1, 0.15) is 28.7 Å². The highest BCUT2D eigenvalue weighted by atomic mass is 16.5. The Hall–Kier alpha value is -7.49. The lowest BCUT2D eigenvalue weighted by Crippen LogP contribution is -2.52. The number of hydrogen-bond acceptors (Lipinski definition) is 18. The molecule has 0 bridgehead atoms. The van der Waals surface area contributed by atoms with Gasteiger partial charge in [-0.25, -0.2) is 0 Å². The molecule has 6 aromatic rings. The predicted octanol–water partition coefficient (Wildman–Crippen LogP) is 18.7. The highest BCUT2D eigenvalue weighted by Crippen LogP contribution is 2.43. The number of rotatable bonds is 15. The number of amides is 1. The molecule has 6 aromatic carbocycles. The van der Waals surface area contributed by atoms with Gasteiger partial charge in [-0.15, -0.1) is 0 Å². The smallest absolute Gasteiger partial charge is 0.241 e. The van der Waals surface area contributed by atoms with Crippen molar-refractivity contribution in [3.05, 3.63) is 148 Å². The maximum absolute atomic E-state index is 12.4. The third-order valence-electron chi connectivity index (χ3n) is 27.2. The molecular weight excluding hydrogens is 1560 g/mol. The van der Waals surface area contributed by atoms with Crippen molar-refractivity contribution >= 4 is 40.0 Å². The van der Waals surface area contributed by atoms with E-state index in [0.29, 0.717) is 6.54 Å². The van der Waals surface area contributed by atoms with Crippen molar-refractivity contribution in [3.8, 4) is 28.7 Å². The number of carbonyl (C=O) groups is 1. The highest BCUT2D eigenvalue weighted by molar-refractivity contribution is 5.97. The number of piperazine rings is 3. The number of anilines is 6. The Bertz CT molecular complexity index is 4300. The number of fused-ring (bicyclic) bond motifs is 1. The fourth-order valence-corrected chi connectivity index (χ4v) is 19.0. The number of benzene rings is 6. The molecule has 8 aliphatic heterocycles. The molecule has 0 aliphatic carbocycles. The second kappa shape index (κ2) is 45.4. The normalized spacial score (nSPS) is 18.6. The van der Waals surface area contributed by atoms with E-state index >= 15 is 0 Å². The summed E-state index contributed by atoms with van der Waals surface area (Å²) in [7, 11) is 23.6. The van der Waals surface area contributed by atoms with Crippen LogP contribution in [-0.4, -0.2) is 287 Å². The van der Waals surface area contributed by atoms with Crippen LogP contribution in [0.3, 0.4) is 0 Å². The van der Waals surface area contributed by atoms with Gasteiger partial charge in [-0.05, 0) is 235 Å². The minimum Gasteiger partial charge on any atom is -0.496 e. The van der Waals surface area contributed by atoms with Crippen molar-refractivity contribution in [2.45, 2.75) is 233 Å². The van der Waals surface area contributed by atoms with Gasteiger partial charge in [0.05, 0.1) is 42.1 Å². The molecule has 0 aromatic heterocycles. The van der Waals surface area contributed by atoms with Crippen molar-refractivity contribution in [2.24, 2.45) is 0 Å². The standard InChI is InChI=1S/C21H35N3O.C20H32N2O.C18H30N2O.C17H26N2O2.C16H26N2O.C15H24N2/c1-21(2,3)19-7-6-18(16-20(19)25-5)23-10-8-17(9-11-23)24-14-12-22(4)13-15-24;1-20(2,3)18-8-7-17(15-19(18)23-4)22-13-9-16(10-14-22)21-11-5-6-12-21;1-18(2,3)16-8-7-15(13-17(16)21-6)20-11-9-14(10-12-20)19(4)5;1-17(2,3)13-10-14-12(9-15(13)21-6)7-8-19(14)16(20)11-18(4)5;1-16(2,3)14-7-6-13(12-15(14)19-5)18-10-8-17(4)9-11-18;1-15(2,3)13-5-7-14(8-6-13)17-11-9-16(4)10-12-17/h6-7,16-17H,8-15H2,1-5H3;7-8,15-16H,5-6,9-14H2,1-4H3;7-8,13-14H,9-12H2,1-6H3;9-10H,7-8,11H2,1-6H3;6-7,12H,8-11H2,1-5H3;5-8H,9-12H2,1-4H3. The van der Waals surface area contributed by atoms with Crippen LogP contribution in [0.5, 0.6) is 28.7 Å². The Labute approximate surface area is 766 Å². The van der Waals surface area contributed by atoms with Crippen LogP contribution < -0.4 is 53.1 Å². The molecular formula is C107H173N13O6. The van der Waals surface area contributed by atoms with Crippen LogP contribution in [0, 0.1) is 0 Å². The van der Waals surface area contributed by atoms with Gasteiger partial charge >= 0.3 is 0 Å². The topological polar surface area (TPSA) is 105 Å². The van der Waals surface area contributed by atoms with Gasteiger partial charge in [0.15, 0.2) is 0 Å². The zero-order valence-corrected chi connectivity index (χ0v) is 84.8. The lowest BCUT2D eigenvalue weighted by molar-refractivity contribution is -0.119. The third-order valence-corrected chi connectivity index (χ3v) is 27.2. The number of nitrogens with zero attached hydrogens (tertiary/aromatic N) is 13. The predicted molar refractivity (Wildman–Crippen MR) is 537 cm³/mol. The first kappa shape index (κ1) is 102. The second-order valence-electron chi connectivity index (χ2n) is 43.6. The van der Waals surface area contributed by atoms with E-state index in [1.807, 2.05) is 23.9 Å². The molecule has 7 saturated heterocycles. The van der Waals surface area contributed by atoms with Crippen molar-refractivity contribution < 1.29 is 28.5 Å². The van der Waals surface area contributed by atoms with E-state index in [1.54, 1.807) is 35.5 Å². The summed E-state index contributed by atoms with van der Waals surface area (Å²) in [5.74, 6) is 5.13. The summed E-state index contributed by atoms with van der Waals surface area (Å²) in [4.78, 5) is 43.6. The minimum absolute atomic E-state index is 0.0147. The molecule has 19 nitrogen and oxygen atoms in total. The molecule has 702 valence electrons. The van der Waals surface area contributed by atoms with E-state index in [9.17, 15) is 4.79 Å². The van der Waals surface area contributed by atoms with Crippen LogP contribution >= 0.6 is 0 Å². The average molecular weight is 1740 g/mol. The second-order valence-corrected chi connectivity index (χ2v) is 43.6. The van der Waals surface area contributed by atoms with E-state index in [-0.39, 0.29) is 38.4 Å². The molecule has 126 heavy (non-hydrogen) atoms. The van der Waals surface area contributed by atoms with E-state index in [1.165, 1.54) is 179 Å². The van der Waals surface area contributed by atoms with Gasteiger partial charge in [-0.1, -0.05) is 161 Å². The maximum atomic E-state index is 12.4. The van der Waals surface area contributed by atoms with Gasteiger partial charge < -0.3 is 82.5 Å². The lowest BCUT2D eigenvalue weighted by Gasteiger charge is -2.42. The number of hydrogen-bond donors (Lipinski definition) is 0. The van der Waals surface area contributed by atoms with Crippen molar-refractivity contribution in [1.29, 1.82) is 0 Å². The fourth-order valence-electron chi connectivity index (χ4n) is 19.0. The zero-order chi connectivity index (χ0) is 92.4. The van der Waals surface area contributed by atoms with E-state index < -0.39 is 0 Å².